The van der Waals surface area contributed by atoms with Gasteiger partial charge in [-0.05, 0) is 36.2 Å². The first-order valence-electron chi connectivity index (χ1n) is 6.18. The van der Waals surface area contributed by atoms with Crippen LogP contribution in [0.5, 0.6) is 0 Å². The summed E-state index contributed by atoms with van der Waals surface area (Å²) in [7, 11) is 0. The SMILES string of the molecule is CCCC(C)/C(C=O)=C/C(C)CC(C)C. The van der Waals surface area contributed by atoms with Crippen LogP contribution < -0.4 is 0 Å². The molecule has 0 aliphatic heterocycles. The molecule has 0 saturated carbocycles. The minimum absolute atomic E-state index is 0.419. The molecule has 0 rings (SSSR count). The van der Waals surface area contributed by atoms with Crippen molar-refractivity contribution in [2.75, 3.05) is 0 Å². The highest BCUT2D eigenvalue weighted by atomic mass is 16.1. The molecule has 2 atom stereocenters. The second kappa shape index (κ2) is 7.67. The molecule has 15 heavy (non-hydrogen) atoms. The fraction of sp³-hybridized carbons (Fsp3) is 0.786. The molecule has 1 heteroatoms. The zero-order valence-corrected chi connectivity index (χ0v) is 10.9. The molecular weight excluding hydrogens is 184 g/mol. The fourth-order valence-electron chi connectivity index (χ4n) is 2.06. The van der Waals surface area contributed by atoms with E-state index in [1.807, 2.05) is 0 Å². The Balaban J connectivity index is 4.36. The number of hydrogen-bond donors (Lipinski definition) is 0. The van der Waals surface area contributed by atoms with Gasteiger partial charge in [0.05, 0.1) is 0 Å². The standard InChI is InChI=1S/C14H26O/c1-6-7-13(5)14(10-15)9-12(4)8-11(2)3/h9-13H,6-8H2,1-5H3/b14-9+. The van der Waals surface area contributed by atoms with Crippen molar-refractivity contribution in [1.29, 1.82) is 0 Å². The third kappa shape index (κ3) is 6.48. The van der Waals surface area contributed by atoms with Crippen LogP contribution in [0.3, 0.4) is 0 Å². The lowest BCUT2D eigenvalue weighted by Gasteiger charge is -2.14. The molecule has 0 spiro atoms. The maximum absolute atomic E-state index is 11.0. The van der Waals surface area contributed by atoms with Crippen molar-refractivity contribution in [1.82, 2.24) is 0 Å². The van der Waals surface area contributed by atoms with Crippen LogP contribution in [0.25, 0.3) is 0 Å². The van der Waals surface area contributed by atoms with E-state index in [0.29, 0.717) is 17.8 Å². The number of hydrogen-bond acceptors (Lipinski definition) is 1. The highest BCUT2D eigenvalue weighted by Gasteiger charge is 2.09. The van der Waals surface area contributed by atoms with Gasteiger partial charge >= 0.3 is 0 Å². The van der Waals surface area contributed by atoms with E-state index in [0.717, 1.165) is 31.1 Å². The van der Waals surface area contributed by atoms with Crippen molar-refractivity contribution in [2.24, 2.45) is 17.8 Å². The number of carbonyl (C=O) groups excluding carboxylic acids is 1. The van der Waals surface area contributed by atoms with Crippen LogP contribution in [0.4, 0.5) is 0 Å². The minimum atomic E-state index is 0.419. The first-order valence-corrected chi connectivity index (χ1v) is 6.18. The average Bonchev–Trinajstić information content (AvgIpc) is 2.13. The van der Waals surface area contributed by atoms with E-state index >= 15 is 0 Å². The minimum Gasteiger partial charge on any atom is -0.298 e. The maximum atomic E-state index is 11.0. The molecular formula is C14H26O. The largest absolute Gasteiger partial charge is 0.298 e. The zero-order chi connectivity index (χ0) is 11.8. The van der Waals surface area contributed by atoms with Crippen LogP contribution in [-0.4, -0.2) is 6.29 Å². The van der Waals surface area contributed by atoms with E-state index in [9.17, 15) is 4.79 Å². The molecule has 0 heterocycles. The summed E-state index contributed by atoms with van der Waals surface area (Å²) in [4.78, 5) is 11.0. The molecule has 88 valence electrons. The predicted octanol–water partition coefficient (Wildman–Crippen LogP) is 4.23. The Kier molecular flexibility index (Phi) is 7.37. The number of allylic oxidation sites excluding steroid dienone is 2. The van der Waals surface area contributed by atoms with Crippen molar-refractivity contribution in [3.63, 3.8) is 0 Å². The van der Waals surface area contributed by atoms with Crippen LogP contribution in [0.2, 0.25) is 0 Å². The fourth-order valence-corrected chi connectivity index (χ4v) is 2.06. The number of aldehydes is 1. The molecule has 1 nitrogen and oxygen atoms in total. The topological polar surface area (TPSA) is 17.1 Å². The molecule has 0 amide bonds. The Morgan fingerprint density at radius 2 is 1.80 bits per heavy atom. The number of carbonyl (C=O) groups is 1. The van der Waals surface area contributed by atoms with Crippen LogP contribution in [0.1, 0.15) is 53.9 Å². The summed E-state index contributed by atoms with van der Waals surface area (Å²) in [5.74, 6) is 1.64. The van der Waals surface area contributed by atoms with Crippen molar-refractivity contribution in [3.8, 4) is 0 Å². The van der Waals surface area contributed by atoms with Crippen molar-refractivity contribution < 1.29 is 4.79 Å². The van der Waals surface area contributed by atoms with Gasteiger partial charge in [0.1, 0.15) is 6.29 Å². The first kappa shape index (κ1) is 14.4. The summed E-state index contributed by atoms with van der Waals surface area (Å²) in [5.41, 5.74) is 0.991. The molecule has 0 aromatic carbocycles. The lowest BCUT2D eigenvalue weighted by Crippen LogP contribution is -2.05. The lowest BCUT2D eigenvalue weighted by molar-refractivity contribution is -0.105. The zero-order valence-electron chi connectivity index (χ0n) is 10.9. The summed E-state index contributed by atoms with van der Waals surface area (Å²) in [5, 5.41) is 0. The Morgan fingerprint density at radius 3 is 2.20 bits per heavy atom. The van der Waals surface area contributed by atoms with E-state index in [1.165, 1.54) is 0 Å². The van der Waals surface area contributed by atoms with E-state index in [1.54, 1.807) is 0 Å². The Labute approximate surface area is 95.0 Å². The van der Waals surface area contributed by atoms with Gasteiger partial charge in [-0.3, -0.25) is 4.79 Å². The first-order chi connectivity index (χ1) is 7.01. The van der Waals surface area contributed by atoms with Gasteiger partial charge in [0.2, 0.25) is 0 Å². The van der Waals surface area contributed by atoms with Gasteiger partial charge in [-0.25, -0.2) is 0 Å². The second-order valence-corrected chi connectivity index (χ2v) is 5.08. The molecule has 0 fully saturated rings. The normalized spacial score (nSPS) is 16.5. The molecule has 2 unspecified atom stereocenters. The smallest absolute Gasteiger partial charge is 0.145 e. The molecule has 0 aliphatic carbocycles. The summed E-state index contributed by atoms with van der Waals surface area (Å²) in [6, 6.07) is 0. The molecule has 0 N–H and O–H groups in total. The highest BCUT2D eigenvalue weighted by Crippen LogP contribution is 2.19. The summed E-state index contributed by atoms with van der Waals surface area (Å²) >= 11 is 0. The molecule has 0 saturated heterocycles. The third-order valence-corrected chi connectivity index (χ3v) is 2.75. The quantitative estimate of drug-likeness (QED) is 0.454. The van der Waals surface area contributed by atoms with Gasteiger partial charge in [-0.1, -0.05) is 47.1 Å². The van der Waals surface area contributed by atoms with Gasteiger partial charge in [0.25, 0.3) is 0 Å². The highest BCUT2D eigenvalue weighted by molar-refractivity contribution is 5.73. The van der Waals surface area contributed by atoms with Gasteiger partial charge in [-0.2, -0.15) is 0 Å². The van der Waals surface area contributed by atoms with Crippen molar-refractivity contribution in [3.05, 3.63) is 11.6 Å². The lowest BCUT2D eigenvalue weighted by atomic mass is 9.91. The monoisotopic (exact) mass is 210 g/mol. The van der Waals surface area contributed by atoms with Crippen LogP contribution in [0.15, 0.2) is 11.6 Å². The second-order valence-electron chi connectivity index (χ2n) is 5.08. The molecule has 0 aromatic heterocycles. The van der Waals surface area contributed by atoms with Gasteiger partial charge < -0.3 is 0 Å². The molecule has 0 aromatic rings. The average molecular weight is 210 g/mol. The van der Waals surface area contributed by atoms with Crippen LogP contribution in [0, 0.1) is 17.8 Å². The Bertz CT molecular complexity index is 203. The third-order valence-electron chi connectivity index (χ3n) is 2.75. The molecule has 0 bridgehead atoms. The van der Waals surface area contributed by atoms with Crippen LogP contribution >= 0.6 is 0 Å². The van der Waals surface area contributed by atoms with E-state index in [-0.39, 0.29) is 0 Å². The van der Waals surface area contributed by atoms with Gasteiger partial charge in [-0.15, -0.1) is 0 Å². The van der Waals surface area contributed by atoms with Crippen LogP contribution in [-0.2, 0) is 4.79 Å². The van der Waals surface area contributed by atoms with Crippen molar-refractivity contribution in [2.45, 2.75) is 53.9 Å². The van der Waals surface area contributed by atoms with Crippen molar-refractivity contribution >= 4 is 6.29 Å². The number of rotatable bonds is 7. The molecule has 0 aliphatic rings. The summed E-state index contributed by atoms with van der Waals surface area (Å²) in [6.45, 7) is 10.9. The van der Waals surface area contributed by atoms with E-state index in [2.05, 4.69) is 40.7 Å². The summed E-state index contributed by atoms with van der Waals surface area (Å²) in [6.07, 6.45) is 6.62. The molecule has 0 radical (unpaired) electrons. The maximum Gasteiger partial charge on any atom is 0.145 e. The summed E-state index contributed by atoms with van der Waals surface area (Å²) < 4.78 is 0. The predicted molar refractivity (Wildman–Crippen MR) is 66.8 cm³/mol. The Hall–Kier alpha value is -0.590. The Morgan fingerprint density at radius 1 is 1.20 bits per heavy atom. The van der Waals surface area contributed by atoms with E-state index < -0.39 is 0 Å². The van der Waals surface area contributed by atoms with E-state index in [4.69, 9.17) is 0 Å². The van der Waals surface area contributed by atoms with Gasteiger partial charge in [0, 0.05) is 0 Å². The van der Waals surface area contributed by atoms with Gasteiger partial charge in [0.15, 0.2) is 0 Å².